The van der Waals surface area contributed by atoms with Crippen LogP contribution in [-0.2, 0) is 16.1 Å². The van der Waals surface area contributed by atoms with E-state index in [1.165, 1.54) is 0 Å². The van der Waals surface area contributed by atoms with Gasteiger partial charge in [-0.15, -0.1) is 0 Å². The Labute approximate surface area is 147 Å². The average Bonchev–Trinajstić information content (AvgIpc) is 3.23. The molecule has 5 nitrogen and oxygen atoms in total. The van der Waals surface area contributed by atoms with Crippen molar-refractivity contribution in [2.75, 3.05) is 18.0 Å². The number of anilines is 1. The van der Waals surface area contributed by atoms with Gasteiger partial charge in [0.15, 0.2) is 0 Å². The Morgan fingerprint density at radius 2 is 1.76 bits per heavy atom. The molecule has 1 saturated heterocycles. The predicted molar refractivity (Wildman–Crippen MR) is 95.0 cm³/mol. The summed E-state index contributed by atoms with van der Waals surface area (Å²) in [6.45, 7) is 2.49. The fourth-order valence-electron chi connectivity index (χ4n) is 3.26. The van der Waals surface area contributed by atoms with Gasteiger partial charge in [0, 0.05) is 19.0 Å². The van der Waals surface area contributed by atoms with E-state index in [0.717, 1.165) is 43.1 Å². The molecule has 2 aromatic rings. The minimum Gasteiger partial charge on any atom is -0.487 e. The molecule has 4 rings (SSSR count). The zero-order valence-electron chi connectivity index (χ0n) is 14.1. The molecule has 1 fully saturated rings. The average molecular weight is 338 g/mol. The molecule has 0 N–H and O–H groups in total. The van der Waals surface area contributed by atoms with E-state index in [-0.39, 0.29) is 6.29 Å². The van der Waals surface area contributed by atoms with E-state index in [1.54, 1.807) is 18.7 Å². The van der Waals surface area contributed by atoms with E-state index in [0.29, 0.717) is 12.5 Å². The van der Waals surface area contributed by atoms with Crippen molar-refractivity contribution in [3.8, 4) is 5.75 Å². The summed E-state index contributed by atoms with van der Waals surface area (Å²) >= 11 is 0. The van der Waals surface area contributed by atoms with Gasteiger partial charge in [-0.3, -0.25) is 0 Å². The second-order valence-electron chi connectivity index (χ2n) is 6.36. The highest BCUT2D eigenvalue weighted by molar-refractivity contribution is 5.41. The largest absolute Gasteiger partial charge is 0.487 e. The molecule has 2 aliphatic rings. The monoisotopic (exact) mass is 338 g/mol. The molecule has 5 heteroatoms. The lowest BCUT2D eigenvalue weighted by molar-refractivity contribution is -0.0728. The van der Waals surface area contributed by atoms with Crippen molar-refractivity contribution in [3.05, 3.63) is 66.7 Å². The summed E-state index contributed by atoms with van der Waals surface area (Å²) in [6, 6.07) is 14.2. The Kier molecular flexibility index (Phi) is 4.72. The summed E-state index contributed by atoms with van der Waals surface area (Å²) in [5.41, 5.74) is 1.15. The lowest BCUT2D eigenvalue weighted by Crippen LogP contribution is -2.38. The third-order valence-electron chi connectivity index (χ3n) is 4.70. The summed E-state index contributed by atoms with van der Waals surface area (Å²) in [4.78, 5) is 6.87. The smallest absolute Gasteiger partial charge is 0.242 e. The Morgan fingerprint density at radius 1 is 1.00 bits per heavy atom. The molecule has 0 radical (unpaired) electrons. The standard InChI is InChI=1S/C20H22N2O3/c1-2-4-16(5-3-1)15-25-18-6-7-19(21-14-18)22-10-8-17(9-11-22)20-23-12-13-24-20/h1-7,12-14,17,20H,8-11,15H2. The normalized spacial score (nSPS) is 18.0. The van der Waals surface area contributed by atoms with Gasteiger partial charge in [-0.25, -0.2) is 4.98 Å². The Bertz CT molecular complexity index is 687. The lowest BCUT2D eigenvalue weighted by atomic mass is 9.96. The number of piperidine rings is 1. The van der Waals surface area contributed by atoms with Gasteiger partial charge in [-0.2, -0.15) is 0 Å². The molecule has 0 spiro atoms. The quantitative estimate of drug-likeness (QED) is 0.831. The number of hydrogen-bond acceptors (Lipinski definition) is 5. The van der Waals surface area contributed by atoms with Crippen LogP contribution in [0.15, 0.2) is 61.2 Å². The highest BCUT2D eigenvalue weighted by atomic mass is 16.7. The van der Waals surface area contributed by atoms with Gasteiger partial charge in [-0.1, -0.05) is 30.3 Å². The minimum atomic E-state index is -0.108. The predicted octanol–water partition coefficient (Wildman–Crippen LogP) is 3.72. The SMILES string of the molecule is C1=COC(C2CCN(c3ccc(OCc4ccccc4)cn3)CC2)O1. The van der Waals surface area contributed by atoms with E-state index < -0.39 is 0 Å². The highest BCUT2D eigenvalue weighted by Crippen LogP contribution is 2.28. The van der Waals surface area contributed by atoms with Crippen molar-refractivity contribution in [2.24, 2.45) is 5.92 Å². The first kappa shape index (κ1) is 15.8. The number of benzene rings is 1. The molecule has 2 aliphatic heterocycles. The first-order valence-electron chi connectivity index (χ1n) is 8.72. The van der Waals surface area contributed by atoms with Gasteiger partial charge in [0.1, 0.15) is 30.7 Å². The van der Waals surface area contributed by atoms with Gasteiger partial charge in [0.2, 0.25) is 6.29 Å². The van der Waals surface area contributed by atoms with Crippen molar-refractivity contribution in [3.63, 3.8) is 0 Å². The molecule has 130 valence electrons. The van der Waals surface area contributed by atoms with Gasteiger partial charge >= 0.3 is 0 Å². The molecular weight excluding hydrogens is 316 g/mol. The summed E-state index contributed by atoms with van der Waals surface area (Å²) < 4.78 is 16.7. The number of ether oxygens (including phenoxy) is 3. The maximum atomic E-state index is 5.80. The molecule has 1 aromatic carbocycles. The highest BCUT2D eigenvalue weighted by Gasteiger charge is 2.30. The van der Waals surface area contributed by atoms with Gasteiger partial charge in [0.25, 0.3) is 0 Å². The van der Waals surface area contributed by atoms with Crippen LogP contribution in [-0.4, -0.2) is 24.4 Å². The second-order valence-corrected chi connectivity index (χ2v) is 6.36. The van der Waals surface area contributed by atoms with Crippen LogP contribution in [0.2, 0.25) is 0 Å². The first-order valence-corrected chi connectivity index (χ1v) is 8.72. The summed E-state index contributed by atoms with van der Waals surface area (Å²) in [5.74, 6) is 2.23. The second kappa shape index (κ2) is 7.47. The Balaban J connectivity index is 1.29. The van der Waals surface area contributed by atoms with E-state index in [1.807, 2.05) is 30.3 Å². The van der Waals surface area contributed by atoms with Gasteiger partial charge < -0.3 is 19.1 Å². The summed E-state index contributed by atoms with van der Waals surface area (Å²) in [6.07, 6.45) is 7.04. The number of nitrogens with zero attached hydrogens (tertiary/aromatic N) is 2. The minimum absolute atomic E-state index is 0.108. The Hall–Kier alpha value is -2.69. The van der Waals surface area contributed by atoms with Crippen molar-refractivity contribution >= 4 is 5.82 Å². The van der Waals surface area contributed by atoms with E-state index in [9.17, 15) is 0 Å². The lowest BCUT2D eigenvalue weighted by Gasteiger charge is -2.34. The van der Waals surface area contributed by atoms with E-state index in [4.69, 9.17) is 14.2 Å². The molecule has 0 atom stereocenters. The fraction of sp³-hybridized carbons (Fsp3) is 0.350. The maximum Gasteiger partial charge on any atom is 0.242 e. The van der Waals surface area contributed by atoms with Crippen molar-refractivity contribution in [2.45, 2.75) is 25.7 Å². The number of aromatic nitrogens is 1. The molecule has 0 saturated carbocycles. The van der Waals surface area contributed by atoms with E-state index in [2.05, 4.69) is 22.0 Å². The van der Waals surface area contributed by atoms with E-state index >= 15 is 0 Å². The maximum absolute atomic E-state index is 5.80. The van der Waals surface area contributed by atoms with Crippen LogP contribution in [0.5, 0.6) is 5.75 Å². The van der Waals surface area contributed by atoms with Crippen LogP contribution < -0.4 is 9.64 Å². The van der Waals surface area contributed by atoms with Crippen molar-refractivity contribution in [1.29, 1.82) is 0 Å². The first-order chi connectivity index (χ1) is 12.4. The number of hydrogen-bond donors (Lipinski definition) is 0. The summed E-state index contributed by atoms with van der Waals surface area (Å²) in [5, 5.41) is 0. The van der Waals surface area contributed by atoms with Gasteiger partial charge in [0.05, 0.1) is 6.20 Å². The van der Waals surface area contributed by atoms with Crippen LogP contribution >= 0.6 is 0 Å². The molecule has 0 bridgehead atoms. The van der Waals surface area contributed by atoms with Crippen LogP contribution in [0.25, 0.3) is 0 Å². The van der Waals surface area contributed by atoms with Gasteiger partial charge in [-0.05, 0) is 30.5 Å². The molecule has 1 aromatic heterocycles. The molecular formula is C20H22N2O3. The van der Waals surface area contributed by atoms with Crippen LogP contribution in [0.3, 0.4) is 0 Å². The molecule has 25 heavy (non-hydrogen) atoms. The van der Waals surface area contributed by atoms with Crippen molar-refractivity contribution < 1.29 is 14.2 Å². The van der Waals surface area contributed by atoms with Crippen LogP contribution in [0.4, 0.5) is 5.82 Å². The molecule has 0 unspecified atom stereocenters. The molecule has 0 amide bonds. The zero-order chi connectivity index (χ0) is 16.9. The van der Waals surface area contributed by atoms with Crippen LogP contribution in [0.1, 0.15) is 18.4 Å². The fourth-order valence-corrected chi connectivity index (χ4v) is 3.26. The Morgan fingerprint density at radius 3 is 2.44 bits per heavy atom. The third kappa shape index (κ3) is 3.87. The van der Waals surface area contributed by atoms with Crippen LogP contribution in [0, 0.1) is 5.92 Å². The topological polar surface area (TPSA) is 43.8 Å². The molecule has 0 aliphatic carbocycles. The third-order valence-corrected chi connectivity index (χ3v) is 4.70. The molecule has 3 heterocycles. The number of rotatable bonds is 5. The van der Waals surface area contributed by atoms with Crippen molar-refractivity contribution in [1.82, 2.24) is 4.98 Å². The summed E-state index contributed by atoms with van der Waals surface area (Å²) in [7, 11) is 0. The number of pyridine rings is 1. The zero-order valence-corrected chi connectivity index (χ0v) is 14.1.